The van der Waals surface area contributed by atoms with E-state index in [4.69, 9.17) is 28.5 Å². The number of nitriles is 1. The minimum Gasteiger partial charge on any atom is -0.327 e. The predicted octanol–water partition coefficient (Wildman–Crippen LogP) is 4.42. The third-order valence-corrected chi connectivity index (χ3v) is 4.04. The molecule has 0 aliphatic rings. The number of para-hydroxylation sites is 1. The molecule has 0 aliphatic carbocycles. The van der Waals surface area contributed by atoms with Crippen LogP contribution in [0.5, 0.6) is 0 Å². The second kappa shape index (κ2) is 4.82. The molecule has 1 heterocycles. The Morgan fingerprint density at radius 2 is 1.90 bits per heavy atom. The molecule has 0 amide bonds. The summed E-state index contributed by atoms with van der Waals surface area (Å²) in [5.74, 6) is 0.690. The molecule has 5 heteroatoms. The number of fused-ring (bicyclic) bond motifs is 1. The maximum absolute atomic E-state index is 9.16. The molecule has 2 aromatic carbocycles. The van der Waals surface area contributed by atoms with Crippen molar-refractivity contribution in [3.05, 3.63) is 52.0 Å². The van der Waals surface area contributed by atoms with E-state index >= 15 is 0 Å². The Morgan fingerprint density at radius 1 is 1.15 bits per heavy atom. The zero-order valence-corrected chi connectivity index (χ0v) is 12.1. The first-order chi connectivity index (χ1) is 9.63. The summed E-state index contributed by atoms with van der Waals surface area (Å²) in [6, 6.07) is 13.1. The van der Waals surface area contributed by atoms with Crippen molar-refractivity contribution >= 4 is 34.2 Å². The fraction of sp³-hybridized carbons (Fsp3) is 0.0667. The molecule has 0 N–H and O–H groups in total. The van der Waals surface area contributed by atoms with E-state index in [1.165, 1.54) is 0 Å². The first-order valence-electron chi connectivity index (χ1n) is 5.93. The summed E-state index contributed by atoms with van der Waals surface area (Å²) in [7, 11) is 1.89. The normalized spacial score (nSPS) is 10.7. The number of aryl methyl sites for hydroxylation is 1. The van der Waals surface area contributed by atoms with E-state index in [0.717, 1.165) is 11.1 Å². The van der Waals surface area contributed by atoms with Crippen molar-refractivity contribution in [2.45, 2.75) is 0 Å². The van der Waals surface area contributed by atoms with Gasteiger partial charge in [0.15, 0.2) is 0 Å². The van der Waals surface area contributed by atoms with Crippen LogP contribution in [0.2, 0.25) is 10.0 Å². The Kier molecular flexibility index (Phi) is 3.13. The first kappa shape index (κ1) is 13.0. The Morgan fingerprint density at radius 3 is 2.65 bits per heavy atom. The van der Waals surface area contributed by atoms with Gasteiger partial charge in [-0.25, -0.2) is 4.98 Å². The molecular formula is C15H9Cl2N3. The maximum Gasteiger partial charge on any atom is 0.142 e. The summed E-state index contributed by atoms with van der Waals surface area (Å²) in [5.41, 5.74) is 2.85. The largest absolute Gasteiger partial charge is 0.327 e. The second-order valence-electron chi connectivity index (χ2n) is 4.38. The molecule has 3 nitrogen and oxygen atoms in total. The number of nitrogens with zero attached hydrogens (tertiary/aromatic N) is 3. The molecule has 0 spiro atoms. The van der Waals surface area contributed by atoms with Crippen LogP contribution < -0.4 is 0 Å². The maximum atomic E-state index is 9.16. The molecule has 0 radical (unpaired) electrons. The van der Waals surface area contributed by atoms with Crippen molar-refractivity contribution in [3.8, 4) is 17.5 Å². The van der Waals surface area contributed by atoms with Gasteiger partial charge in [0.25, 0.3) is 0 Å². The smallest absolute Gasteiger partial charge is 0.142 e. The van der Waals surface area contributed by atoms with Crippen molar-refractivity contribution in [2.75, 3.05) is 0 Å². The van der Waals surface area contributed by atoms with E-state index in [0.29, 0.717) is 26.9 Å². The van der Waals surface area contributed by atoms with Crippen molar-refractivity contribution in [1.29, 1.82) is 5.26 Å². The van der Waals surface area contributed by atoms with Crippen LogP contribution in [0.1, 0.15) is 5.56 Å². The van der Waals surface area contributed by atoms with Gasteiger partial charge in [0.2, 0.25) is 0 Å². The highest BCUT2D eigenvalue weighted by molar-refractivity contribution is 6.43. The van der Waals surface area contributed by atoms with Crippen molar-refractivity contribution in [3.63, 3.8) is 0 Å². The van der Waals surface area contributed by atoms with E-state index in [-0.39, 0.29) is 0 Å². The van der Waals surface area contributed by atoms with Crippen molar-refractivity contribution in [2.24, 2.45) is 7.05 Å². The number of hydrogen-bond acceptors (Lipinski definition) is 2. The number of aromatic nitrogens is 2. The Labute approximate surface area is 126 Å². The molecule has 0 atom stereocenters. The van der Waals surface area contributed by atoms with Crippen LogP contribution in [0, 0.1) is 11.3 Å². The van der Waals surface area contributed by atoms with Gasteiger partial charge >= 0.3 is 0 Å². The van der Waals surface area contributed by atoms with Gasteiger partial charge in [-0.3, -0.25) is 0 Å². The van der Waals surface area contributed by atoms with Gasteiger partial charge in [-0.05, 0) is 24.3 Å². The second-order valence-corrected chi connectivity index (χ2v) is 5.17. The number of benzene rings is 2. The average molecular weight is 302 g/mol. The quantitative estimate of drug-likeness (QED) is 0.667. The van der Waals surface area contributed by atoms with Crippen LogP contribution >= 0.6 is 23.2 Å². The van der Waals surface area contributed by atoms with Gasteiger partial charge in [0.05, 0.1) is 21.1 Å². The minimum atomic E-state index is 0.464. The molecule has 0 saturated carbocycles. The molecule has 0 fully saturated rings. The molecule has 0 bridgehead atoms. The Hall–Kier alpha value is -2.02. The molecule has 0 unspecified atom stereocenters. The standard InChI is InChI=1S/C15H9Cl2N3/c1-20-12-7-2-4-9(8-18)14(12)19-15(20)10-5-3-6-11(16)13(10)17/h2-7H,1H3. The third-order valence-electron chi connectivity index (χ3n) is 3.22. The van der Waals surface area contributed by atoms with Crippen LogP contribution in [0.25, 0.3) is 22.4 Å². The first-order valence-corrected chi connectivity index (χ1v) is 6.69. The van der Waals surface area contributed by atoms with E-state index < -0.39 is 0 Å². The lowest BCUT2D eigenvalue weighted by Gasteiger charge is -2.05. The van der Waals surface area contributed by atoms with Crippen LogP contribution in [0.4, 0.5) is 0 Å². The summed E-state index contributed by atoms with van der Waals surface area (Å²) in [6.45, 7) is 0. The highest BCUT2D eigenvalue weighted by atomic mass is 35.5. The van der Waals surface area contributed by atoms with Gasteiger partial charge in [-0.2, -0.15) is 5.26 Å². The zero-order valence-electron chi connectivity index (χ0n) is 10.6. The fourth-order valence-electron chi connectivity index (χ4n) is 2.22. The zero-order chi connectivity index (χ0) is 14.3. The van der Waals surface area contributed by atoms with E-state index in [9.17, 15) is 0 Å². The molecule has 3 aromatic rings. The lowest BCUT2D eigenvalue weighted by Crippen LogP contribution is -1.93. The summed E-state index contributed by atoms with van der Waals surface area (Å²) in [4.78, 5) is 4.55. The lowest BCUT2D eigenvalue weighted by molar-refractivity contribution is 0.959. The van der Waals surface area contributed by atoms with Crippen molar-refractivity contribution in [1.82, 2.24) is 9.55 Å². The minimum absolute atomic E-state index is 0.464. The Bertz CT molecular complexity index is 859. The van der Waals surface area contributed by atoms with Gasteiger partial charge in [0.1, 0.15) is 17.4 Å². The number of imidazole rings is 1. The monoisotopic (exact) mass is 301 g/mol. The molecular weight excluding hydrogens is 293 g/mol. The van der Waals surface area contributed by atoms with E-state index in [1.54, 1.807) is 12.1 Å². The summed E-state index contributed by atoms with van der Waals surface area (Å²) in [5, 5.41) is 10.1. The third kappa shape index (κ3) is 1.85. The summed E-state index contributed by atoms with van der Waals surface area (Å²) in [6.07, 6.45) is 0. The van der Waals surface area contributed by atoms with Gasteiger partial charge in [0, 0.05) is 12.6 Å². The van der Waals surface area contributed by atoms with Crippen LogP contribution in [0.3, 0.4) is 0 Å². The molecule has 20 heavy (non-hydrogen) atoms. The average Bonchev–Trinajstić information content (AvgIpc) is 2.79. The highest BCUT2D eigenvalue weighted by Crippen LogP contribution is 2.34. The SMILES string of the molecule is Cn1c(-c2cccc(Cl)c2Cl)nc2c(C#N)cccc21. The molecule has 0 aliphatic heterocycles. The molecule has 98 valence electrons. The number of hydrogen-bond donors (Lipinski definition) is 0. The number of rotatable bonds is 1. The van der Waals surface area contributed by atoms with Crippen LogP contribution in [-0.4, -0.2) is 9.55 Å². The molecule has 1 aromatic heterocycles. The summed E-state index contributed by atoms with van der Waals surface area (Å²) >= 11 is 12.3. The number of halogens is 2. The molecule has 3 rings (SSSR count). The van der Waals surface area contributed by atoms with Gasteiger partial charge < -0.3 is 4.57 Å². The lowest BCUT2D eigenvalue weighted by atomic mass is 10.2. The predicted molar refractivity (Wildman–Crippen MR) is 80.9 cm³/mol. The summed E-state index contributed by atoms with van der Waals surface area (Å²) < 4.78 is 1.91. The fourth-order valence-corrected chi connectivity index (χ4v) is 2.61. The van der Waals surface area contributed by atoms with Crippen LogP contribution in [-0.2, 0) is 7.05 Å². The van der Waals surface area contributed by atoms with E-state index in [1.807, 2.05) is 35.9 Å². The highest BCUT2D eigenvalue weighted by Gasteiger charge is 2.15. The van der Waals surface area contributed by atoms with Gasteiger partial charge in [-0.1, -0.05) is 35.3 Å². The Balaban J connectivity index is 2.36. The van der Waals surface area contributed by atoms with Crippen molar-refractivity contribution < 1.29 is 0 Å². The van der Waals surface area contributed by atoms with E-state index in [2.05, 4.69) is 11.1 Å². The molecule has 0 saturated heterocycles. The van der Waals surface area contributed by atoms with Gasteiger partial charge in [-0.15, -0.1) is 0 Å². The topological polar surface area (TPSA) is 41.6 Å². The van der Waals surface area contributed by atoms with Crippen LogP contribution in [0.15, 0.2) is 36.4 Å².